The first kappa shape index (κ1) is 19.6. The van der Waals surface area contributed by atoms with Crippen molar-refractivity contribution in [3.8, 4) is 6.07 Å². The topological polar surface area (TPSA) is 165 Å². The maximum absolute atomic E-state index is 12.9. The van der Waals surface area contributed by atoms with Crippen LogP contribution in [-0.4, -0.2) is 52.7 Å². The first-order chi connectivity index (χ1) is 13.2. The molecule has 1 aromatic rings. The summed E-state index contributed by atoms with van der Waals surface area (Å²) in [6.07, 6.45) is 3.79. The molecule has 8 N–H and O–H groups in total. The van der Waals surface area contributed by atoms with Crippen LogP contribution in [0.15, 0.2) is 18.0 Å². The number of carbonyl (C=O) groups excluding carboxylic acids is 1. The maximum Gasteiger partial charge on any atom is 0.243 e. The van der Waals surface area contributed by atoms with Gasteiger partial charge in [-0.1, -0.05) is 6.92 Å². The van der Waals surface area contributed by atoms with Gasteiger partial charge in [0.05, 0.1) is 17.5 Å². The summed E-state index contributed by atoms with van der Waals surface area (Å²) in [5.74, 6) is 0.400. The van der Waals surface area contributed by atoms with Crippen LogP contribution in [0.25, 0.3) is 5.70 Å². The van der Waals surface area contributed by atoms with Gasteiger partial charge in [0.25, 0.3) is 0 Å². The third-order valence-corrected chi connectivity index (χ3v) is 6.01. The van der Waals surface area contributed by atoms with E-state index in [1.165, 1.54) is 0 Å². The Labute approximate surface area is 164 Å². The molecule has 1 aliphatic carbocycles. The molecule has 3 rings (SSSR count). The summed E-state index contributed by atoms with van der Waals surface area (Å²) in [5.41, 5.74) is 18.4. The molecule has 2 fully saturated rings. The zero-order chi connectivity index (χ0) is 20.6. The monoisotopic (exact) mass is 384 g/mol. The third kappa shape index (κ3) is 3.26. The Morgan fingerprint density at radius 2 is 2.14 bits per heavy atom. The Kier molecular flexibility index (Phi) is 4.98. The summed E-state index contributed by atoms with van der Waals surface area (Å²) < 4.78 is 0. The smallest absolute Gasteiger partial charge is 0.243 e. The lowest BCUT2D eigenvalue weighted by Crippen LogP contribution is -2.53. The van der Waals surface area contributed by atoms with Crippen molar-refractivity contribution < 1.29 is 4.79 Å². The number of amidine groups is 1. The van der Waals surface area contributed by atoms with Crippen LogP contribution in [-0.2, 0) is 4.79 Å². The third-order valence-electron chi connectivity index (χ3n) is 6.01. The fourth-order valence-electron chi connectivity index (χ4n) is 3.95. The van der Waals surface area contributed by atoms with Crippen molar-refractivity contribution in [1.29, 1.82) is 10.7 Å². The van der Waals surface area contributed by atoms with Crippen LogP contribution in [0.2, 0.25) is 0 Å². The first-order valence-electron chi connectivity index (χ1n) is 9.42. The van der Waals surface area contributed by atoms with E-state index in [1.54, 1.807) is 17.2 Å². The van der Waals surface area contributed by atoms with E-state index >= 15 is 0 Å². The molecule has 0 bridgehead atoms. The second-order valence-electron chi connectivity index (χ2n) is 7.87. The van der Waals surface area contributed by atoms with Crippen molar-refractivity contribution in [1.82, 2.24) is 14.8 Å². The van der Waals surface area contributed by atoms with Crippen molar-refractivity contribution >= 4 is 23.3 Å². The van der Waals surface area contributed by atoms with Crippen LogP contribution in [0.4, 0.5) is 5.82 Å². The van der Waals surface area contributed by atoms with Gasteiger partial charge in [-0.3, -0.25) is 10.2 Å². The zero-order valence-corrected chi connectivity index (χ0v) is 16.3. The molecule has 1 saturated heterocycles. The second-order valence-corrected chi connectivity index (χ2v) is 7.87. The van der Waals surface area contributed by atoms with E-state index in [0.717, 1.165) is 6.42 Å². The quantitative estimate of drug-likeness (QED) is 0.369. The lowest BCUT2D eigenvalue weighted by atomic mass is 9.90. The Balaban J connectivity index is 1.91. The highest BCUT2D eigenvalue weighted by Gasteiger charge is 2.53. The first-order valence-corrected chi connectivity index (χ1v) is 9.42. The average molecular weight is 384 g/mol. The zero-order valence-electron chi connectivity index (χ0n) is 16.3. The largest absolute Gasteiger partial charge is 0.394 e. The van der Waals surface area contributed by atoms with Gasteiger partial charge in [0.2, 0.25) is 5.91 Å². The lowest BCUT2D eigenvalue weighted by molar-refractivity contribution is -0.137. The van der Waals surface area contributed by atoms with Crippen LogP contribution in [0, 0.1) is 28.1 Å². The van der Waals surface area contributed by atoms with Gasteiger partial charge in [0, 0.05) is 37.9 Å². The summed E-state index contributed by atoms with van der Waals surface area (Å²) in [7, 11) is 1.88. The van der Waals surface area contributed by atoms with Crippen LogP contribution in [0.5, 0.6) is 0 Å². The van der Waals surface area contributed by atoms with Gasteiger partial charge in [0.15, 0.2) is 0 Å². The summed E-state index contributed by atoms with van der Waals surface area (Å²) >= 11 is 0. The Bertz CT molecular complexity index is 860. The Morgan fingerprint density at radius 3 is 2.64 bits per heavy atom. The number of likely N-dealkylation sites (tertiary alicyclic amines) is 1. The minimum atomic E-state index is -0.828. The van der Waals surface area contributed by atoms with E-state index in [9.17, 15) is 10.1 Å². The van der Waals surface area contributed by atoms with Gasteiger partial charge < -0.3 is 32.0 Å². The van der Waals surface area contributed by atoms with Crippen molar-refractivity contribution in [2.24, 2.45) is 22.8 Å². The highest BCUT2D eigenvalue weighted by Crippen LogP contribution is 2.47. The number of nitrogens with two attached hydrogens (primary N) is 3. The number of carbonyl (C=O) groups is 1. The van der Waals surface area contributed by atoms with E-state index in [4.69, 9.17) is 22.6 Å². The summed E-state index contributed by atoms with van der Waals surface area (Å²) in [4.78, 5) is 19.5. The molecule has 2 heterocycles. The number of piperidine rings is 1. The number of rotatable bonds is 5. The molecular formula is C19H28N8O. The van der Waals surface area contributed by atoms with Gasteiger partial charge in [-0.2, -0.15) is 5.26 Å². The van der Waals surface area contributed by atoms with E-state index in [-0.39, 0.29) is 29.4 Å². The molecule has 2 aliphatic rings. The van der Waals surface area contributed by atoms with E-state index in [2.05, 4.69) is 18.0 Å². The molecule has 150 valence electrons. The van der Waals surface area contributed by atoms with Gasteiger partial charge in [-0.15, -0.1) is 0 Å². The molecule has 9 heteroatoms. The molecule has 2 unspecified atom stereocenters. The highest BCUT2D eigenvalue weighted by atomic mass is 16.2. The summed E-state index contributed by atoms with van der Waals surface area (Å²) in [5, 5.41) is 17.2. The number of anilines is 1. The van der Waals surface area contributed by atoms with Crippen LogP contribution in [0.1, 0.15) is 31.7 Å². The molecule has 1 amide bonds. The molecule has 1 aromatic heterocycles. The van der Waals surface area contributed by atoms with Crippen molar-refractivity contribution in [3.05, 3.63) is 23.5 Å². The number of aromatic nitrogens is 1. The number of likely N-dealkylation sites (N-methyl/N-ethyl adjacent to an activating group) is 1. The predicted octanol–water partition coefficient (Wildman–Crippen LogP) is 0.633. The second kappa shape index (κ2) is 7.11. The number of aromatic amines is 1. The average Bonchev–Trinajstić information content (AvgIpc) is 3.37. The molecule has 0 aromatic carbocycles. The molecule has 28 heavy (non-hydrogen) atoms. The van der Waals surface area contributed by atoms with Crippen LogP contribution in [0.3, 0.4) is 0 Å². The van der Waals surface area contributed by atoms with Gasteiger partial charge in [-0.25, -0.2) is 0 Å². The number of hydrogen-bond acceptors (Lipinski definition) is 6. The number of nitriles is 1. The maximum atomic E-state index is 12.9. The minimum absolute atomic E-state index is 0.0469. The number of nitrogens with zero attached hydrogens (tertiary/aromatic N) is 3. The molecule has 1 saturated carbocycles. The number of nitrogen functional groups attached to an aromatic ring is 1. The van der Waals surface area contributed by atoms with E-state index in [0.29, 0.717) is 43.0 Å². The lowest BCUT2D eigenvalue weighted by Gasteiger charge is -2.44. The molecule has 0 radical (unpaired) electrons. The van der Waals surface area contributed by atoms with Gasteiger partial charge >= 0.3 is 0 Å². The number of nitrogens with one attached hydrogen (secondary N) is 2. The molecule has 0 spiro atoms. The van der Waals surface area contributed by atoms with Crippen molar-refractivity contribution in [3.63, 3.8) is 0 Å². The molecule has 9 nitrogen and oxygen atoms in total. The van der Waals surface area contributed by atoms with Crippen LogP contribution >= 0.6 is 0 Å². The molecule has 1 aliphatic heterocycles. The predicted molar refractivity (Wildman–Crippen MR) is 107 cm³/mol. The summed E-state index contributed by atoms with van der Waals surface area (Å²) in [6.45, 7) is 3.25. The fraction of sp³-hybridized carbons (Fsp3) is 0.526. The van der Waals surface area contributed by atoms with Crippen molar-refractivity contribution in [2.45, 2.75) is 32.2 Å². The Hall–Kier alpha value is -3.15. The highest BCUT2D eigenvalue weighted by molar-refractivity contribution is 6.01. The number of hydrogen-bond donors (Lipinski definition) is 5. The van der Waals surface area contributed by atoms with Gasteiger partial charge in [-0.05, 0) is 31.2 Å². The number of amides is 1. The van der Waals surface area contributed by atoms with Gasteiger partial charge in [0.1, 0.15) is 17.1 Å². The SMILES string of the molecule is CC1CCN(C(=O)C2(C#N)CC2)CC1N(C)/C(=C(/N)C(=N)N)c1cc[nH]c1N. The fourth-order valence-corrected chi connectivity index (χ4v) is 3.95. The molecule has 2 atom stereocenters. The van der Waals surface area contributed by atoms with E-state index in [1.807, 2.05) is 11.9 Å². The Morgan fingerprint density at radius 1 is 1.46 bits per heavy atom. The molecular weight excluding hydrogens is 356 g/mol. The van der Waals surface area contributed by atoms with Crippen LogP contribution < -0.4 is 17.2 Å². The number of H-pyrrole nitrogens is 1. The standard InChI is InChI=1S/C19H28N8O/c1-11-4-8-27(18(28)19(10-20)5-6-19)9-13(11)26(2)15(14(21)16(22)23)12-3-7-25-17(12)24/h3,7,11,13,25H,4-6,8-9,21,24H2,1-2H3,(H3,22,23)/b15-14+. The summed E-state index contributed by atoms with van der Waals surface area (Å²) in [6, 6.07) is 3.94. The van der Waals surface area contributed by atoms with Crippen molar-refractivity contribution in [2.75, 3.05) is 25.9 Å². The van der Waals surface area contributed by atoms with E-state index < -0.39 is 5.41 Å². The minimum Gasteiger partial charge on any atom is -0.394 e. The normalized spacial score (nSPS) is 24.1.